The Morgan fingerprint density at radius 2 is 2.00 bits per heavy atom. The molecule has 0 atom stereocenters. The van der Waals surface area contributed by atoms with Crippen LogP contribution in [0.3, 0.4) is 0 Å². The lowest BCUT2D eigenvalue weighted by Crippen LogP contribution is -2.01. The molecule has 0 heterocycles. The second-order valence-electron chi connectivity index (χ2n) is 3.40. The Morgan fingerprint density at radius 1 is 1.36 bits per heavy atom. The van der Waals surface area contributed by atoms with Crippen LogP contribution in [0, 0.1) is 13.8 Å². The molecule has 0 aliphatic carbocycles. The highest BCUT2D eigenvalue weighted by molar-refractivity contribution is 5.96. The van der Waals surface area contributed by atoms with Crippen LogP contribution in [0.15, 0.2) is 12.1 Å². The lowest BCUT2D eigenvalue weighted by molar-refractivity contribution is 0.101. The maximum absolute atomic E-state index is 11.3. The van der Waals surface area contributed by atoms with Crippen molar-refractivity contribution in [3.8, 4) is 5.75 Å². The number of carbonyl (C=O) groups excluding carboxylic acids is 1. The highest BCUT2D eigenvalue weighted by atomic mass is 16.5. The summed E-state index contributed by atoms with van der Waals surface area (Å²) in [5.41, 5.74) is 2.90. The van der Waals surface area contributed by atoms with Gasteiger partial charge in [-0.1, -0.05) is 0 Å². The lowest BCUT2D eigenvalue weighted by Gasteiger charge is -2.10. The first-order valence-electron chi connectivity index (χ1n) is 4.81. The Bertz CT molecular complexity index is 354. The molecule has 0 saturated heterocycles. The third kappa shape index (κ3) is 2.13. The van der Waals surface area contributed by atoms with Gasteiger partial charge in [-0.25, -0.2) is 0 Å². The average Bonchev–Trinajstić information content (AvgIpc) is 2.11. The smallest absolute Gasteiger partial charge is 0.160 e. The summed E-state index contributed by atoms with van der Waals surface area (Å²) in [6, 6.07) is 3.78. The van der Waals surface area contributed by atoms with Crippen LogP contribution in [-0.2, 0) is 0 Å². The standard InChI is InChI=1S/C12H16O2/c1-5-14-11-6-8(2)9(3)12(7-11)10(4)13/h6-7H,5H2,1-4H3. The van der Waals surface area contributed by atoms with Gasteiger partial charge in [-0.05, 0) is 51.0 Å². The first-order chi connectivity index (χ1) is 6.56. The number of hydrogen-bond donors (Lipinski definition) is 0. The molecular weight excluding hydrogens is 176 g/mol. The van der Waals surface area contributed by atoms with Gasteiger partial charge in [0.05, 0.1) is 6.61 Å². The Hall–Kier alpha value is -1.31. The van der Waals surface area contributed by atoms with Gasteiger partial charge in [0.1, 0.15) is 5.75 Å². The highest BCUT2D eigenvalue weighted by Gasteiger charge is 2.08. The molecule has 0 aromatic heterocycles. The largest absolute Gasteiger partial charge is 0.494 e. The average molecular weight is 192 g/mol. The maximum Gasteiger partial charge on any atom is 0.160 e. The van der Waals surface area contributed by atoms with Gasteiger partial charge in [0, 0.05) is 5.56 Å². The van der Waals surface area contributed by atoms with Crippen LogP contribution in [0.2, 0.25) is 0 Å². The lowest BCUT2D eigenvalue weighted by atomic mass is 10.0. The van der Waals surface area contributed by atoms with E-state index in [0.29, 0.717) is 6.61 Å². The minimum atomic E-state index is 0.0900. The number of rotatable bonds is 3. The van der Waals surface area contributed by atoms with E-state index in [2.05, 4.69) is 0 Å². The normalized spacial score (nSPS) is 10.0. The van der Waals surface area contributed by atoms with E-state index < -0.39 is 0 Å². The van der Waals surface area contributed by atoms with Crippen molar-refractivity contribution in [3.63, 3.8) is 0 Å². The molecule has 0 saturated carbocycles. The monoisotopic (exact) mass is 192 g/mol. The van der Waals surface area contributed by atoms with Gasteiger partial charge >= 0.3 is 0 Å². The van der Waals surface area contributed by atoms with E-state index in [0.717, 1.165) is 22.4 Å². The molecule has 1 aromatic carbocycles. The summed E-state index contributed by atoms with van der Waals surface area (Å²) in [6.45, 7) is 8.09. The topological polar surface area (TPSA) is 26.3 Å². The van der Waals surface area contributed by atoms with E-state index in [1.165, 1.54) is 0 Å². The summed E-state index contributed by atoms with van der Waals surface area (Å²) in [5.74, 6) is 0.868. The Morgan fingerprint density at radius 3 is 2.50 bits per heavy atom. The van der Waals surface area contributed by atoms with Crippen molar-refractivity contribution in [1.29, 1.82) is 0 Å². The molecule has 1 aromatic rings. The van der Waals surface area contributed by atoms with Crippen LogP contribution >= 0.6 is 0 Å². The first kappa shape index (κ1) is 10.8. The SMILES string of the molecule is CCOc1cc(C)c(C)c(C(C)=O)c1. The molecule has 76 valence electrons. The molecule has 0 N–H and O–H groups in total. The number of aryl methyl sites for hydroxylation is 1. The number of ketones is 1. The molecule has 2 nitrogen and oxygen atoms in total. The summed E-state index contributed by atoms with van der Waals surface area (Å²) in [6.07, 6.45) is 0. The van der Waals surface area contributed by atoms with E-state index in [9.17, 15) is 4.79 Å². The Balaban J connectivity index is 3.21. The summed E-state index contributed by atoms with van der Waals surface area (Å²) in [5, 5.41) is 0. The second-order valence-corrected chi connectivity index (χ2v) is 3.40. The van der Waals surface area contributed by atoms with Gasteiger partial charge < -0.3 is 4.74 Å². The van der Waals surface area contributed by atoms with Crippen LogP contribution < -0.4 is 4.74 Å². The number of hydrogen-bond acceptors (Lipinski definition) is 2. The van der Waals surface area contributed by atoms with Gasteiger partial charge in [0.2, 0.25) is 0 Å². The summed E-state index contributed by atoms with van der Waals surface area (Å²) in [7, 11) is 0. The number of ether oxygens (including phenoxy) is 1. The van der Waals surface area contributed by atoms with E-state index in [4.69, 9.17) is 4.74 Å². The van der Waals surface area contributed by atoms with Gasteiger partial charge in [-0.3, -0.25) is 4.79 Å². The van der Waals surface area contributed by atoms with Gasteiger partial charge in [-0.15, -0.1) is 0 Å². The quantitative estimate of drug-likeness (QED) is 0.688. The number of Topliss-reactive ketones (excluding diaryl/α,β-unsaturated/α-hetero) is 1. The van der Waals surface area contributed by atoms with Crippen LogP contribution in [0.4, 0.5) is 0 Å². The zero-order valence-electron chi connectivity index (χ0n) is 9.18. The molecule has 2 heteroatoms. The summed E-state index contributed by atoms with van der Waals surface area (Å²) < 4.78 is 5.38. The molecule has 14 heavy (non-hydrogen) atoms. The first-order valence-corrected chi connectivity index (χ1v) is 4.81. The van der Waals surface area contributed by atoms with Crippen molar-refractivity contribution >= 4 is 5.78 Å². The maximum atomic E-state index is 11.3. The van der Waals surface area contributed by atoms with Crippen molar-refractivity contribution in [2.75, 3.05) is 6.61 Å². The molecular formula is C12H16O2. The van der Waals surface area contributed by atoms with E-state index in [1.807, 2.05) is 32.9 Å². The fourth-order valence-electron chi connectivity index (χ4n) is 1.44. The van der Waals surface area contributed by atoms with Crippen molar-refractivity contribution < 1.29 is 9.53 Å². The Kier molecular flexibility index (Phi) is 3.28. The minimum Gasteiger partial charge on any atom is -0.494 e. The van der Waals surface area contributed by atoms with Crippen LogP contribution in [0.5, 0.6) is 5.75 Å². The predicted octanol–water partition coefficient (Wildman–Crippen LogP) is 2.90. The molecule has 0 fully saturated rings. The van der Waals surface area contributed by atoms with Crippen molar-refractivity contribution in [2.24, 2.45) is 0 Å². The fourth-order valence-corrected chi connectivity index (χ4v) is 1.44. The predicted molar refractivity (Wildman–Crippen MR) is 57.1 cm³/mol. The van der Waals surface area contributed by atoms with Gasteiger partial charge in [0.15, 0.2) is 5.78 Å². The van der Waals surface area contributed by atoms with Crippen LogP contribution in [-0.4, -0.2) is 12.4 Å². The van der Waals surface area contributed by atoms with Crippen molar-refractivity contribution in [1.82, 2.24) is 0 Å². The summed E-state index contributed by atoms with van der Waals surface area (Å²) >= 11 is 0. The second kappa shape index (κ2) is 4.27. The van der Waals surface area contributed by atoms with Crippen LogP contribution in [0.25, 0.3) is 0 Å². The molecule has 0 aliphatic rings. The number of benzene rings is 1. The zero-order valence-corrected chi connectivity index (χ0v) is 9.18. The third-order valence-corrected chi connectivity index (χ3v) is 2.33. The van der Waals surface area contributed by atoms with E-state index in [1.54, 1.807) is 6.92 Å². The fraction of sp³-hybridized carbons (Fsp3) is 0.417. The molecule has 0 radical (unpaired) electrons. The summed E-state index contributed by atoms with van der Waals surface area (Å²) in [4.78, 5) is 11.3. The zero-order chi connectivity index (χ0) is 10.7. The Labute approximate surface area is 84.9 Å². The molecule has 0 bridgehead atoms. The van der Waals surface area contributed by atoms with Gasteiger partial charge in [0.25, 0.3) is 0 Å². The van der Waals surface area contributed by atoms with Crippen LogP contribution in [0.1, 0.15) is 35.3 Å². The molecule has 0 unspecified atom stereocenters. The third-order valence-electron chi connectivity index (χ3n) is 2.33. The highest BCUT2D eigenvalue weighted by Crippen LogP contribution is 2.22. The van der Waals surface area contributed by atoms with Gasteiger partial charge in [-0.2, -0.15) is 0 Å². The molecule has 0 spiro atoms. The molecule has 0 aliphatic heterocycles. The van der Waals surface area contributed by atoms with E-state index in [-0.39, 0.29) is 5.78 Å². The molecule has 1 rings (SSSR count). The van der Waals surface area contributed by atoms with Crippen molar-refractivity contribution in [3.05, 3.63) is 28.8 Å². The number of carbonyl (C=O) groups is 1. The van der Waals surface area contributed by atoms with Crippen molar-refractivity contribution in [2.45, 2.75) is 27.7 Å². The minimum absolute atomic E-state index is 0.0900. The molecule has 0 amide bonds. The van der Waals surface area contributed by atoms with E-state index >= 15 is 0 Å².